The number of hydrogen-bond acceptors (Lipinski definition) is 6. The third-order valence-corrected chi connectivity index (χ3v) is 7.00. The topological polar surface area (TPSA) is 118 Å². The third kappa shape index (κ3) is 4.45. The molecule has 4 atom stereocenters. The number of nitrogens with zero attached hydrogens (tertiary/aromatic N) is 3. The highest BCUT2D eigenvalue weighted by Crippen LogP contribution is 2.41. The summed E-state index contributed by atoms with van der Waals surface area (Å²) < 4.78 is 0. The SMILES string of the molecule is Cc1ccc(C(=O)[C@H](C)N(C(=O)c2ccc([N+](=O)[O-])cc2)N2C(=O)[C@@H]3CC[C@@H](C)C[C@H]3C2=O)cc1. The molecule has 1 aliphatic heterocycles. The van der Waals surface area contributed by atoms with Gasteiger partial charge in [0.15, 0.2) is 5.78 Å². The highest BCUT2D eigenvalue weighted by Gasteiger charge is 2.54. The van der Waals surface area contributed by atoms with Crippen LogP contribution in [0.4, 0.5) is 5.69 Å². The molecule has 0 bridgehead atoms. The van der Waals surface area contributed by atoms with Gasteiger partial charge in [-0.15, -0.1) is 0 Å². The summed E-state index contributed by atoms with van der Waals surface area (Å²) in [7, 11) is 0. The van der Waals surface area contributed by atoms with Crippen molar-refractivity contribution < 1.29 is 24.1 Å². The molecule has 3 amide bonds. The molecule has 2 aliphatic rings. The summed E-state index contributed by atoms with van der Waals surface area (Å²) in [6, 6.07) is 10.5. The summed E-state index contributed by atoms with van der Waals surface area (Å²) in [6.45, 7) is 5.39. The normalized spacial score (nSPS) is 22.5. The number of Topliss-reactive ketones (excluding diaryl/α,β-unsaturated/α-hetero) is 1. The predicted molar refractivity (Wildman–Crippen MR) is 126 cm³/mol. The molecule has 1 saturated heterocycles. The van der Waals surface area contributed by atoms with Gasteiger partial charge in [0, 0.05) is 23.3 Å². The number of aryl methyl sites for hydroxylation is 1. The Hall–Kier alpha value is -3.88. The second-order valence-electron chi connectivity index (χ2n) is 9.48. The number of carbonyl (C=O) groups is 4. The summed E-state index contributed by atoms with van der Waals surface area (Å²) in [6.07, 6.45) is 1.90. The van der Waals surface area contributed by atoms with Crippen LogP contribution in [0.15, 0.2) is 48.5 Å². The molecule has 0 N–H and O–H groups in total. The third-order valence-electron chi connectivity index (χ3n) is 7.00. The van der Waals surface area contributed by atoms with Crippen LogP contribution in [0.5, 0.6) is 0 Å². The van der Waals surface area contributed by atoms with Crippen molar-refractivity contribution in [3.05, 3.63) is 75.3 Å². The van der Waals surface area contributed by atoms with Gasteiger partial charge in [-0.2, -0.15) is 5.01 Å². The molecular formula is C26H27N3O6. The van der Waals surface area contributed by atoms with Crippen LogP contribution in [0.25, 0.3) is 0 Å². The maximum atomic E-state index is 13.7. The molecule has 35 heavy (non-hydrogen) atoms. The zero-order valence-corrected chi connectivity index (χ0v) is 19.8. The number of non-ortho nitro benzene ring substituents is 1. The summed E-state index contributed by atoms with van der Waals surface area (Å²) in [5.41, 5.74) is 1.12. The fourth-order valence-electron chi connectivity index (χ4n) is 4.95. The summed E-state index contributed by atoms with van der Waals surface area (Å²) >= 11 is 0. The minimum absolute atomic E-state index is 0.0306. The zero-order chi connectivity index (χ0) is 25.4. The van der Waals surface area contributed by atoms with Crippen molar-refractivity contribution in [2.45, 2.75) is 46.1 Å². The number of ketones is 1. The van der Waals surface area contributed by atoms with Crippen molar-refractivity contribution in [2.75, 3.05) is 0 Å². The van der Waals surface area contributed by atoms with E-state index >= 15 is 0 Å². The van der Waals surface area contributed by atoms with Gasteiger partial charge in [-0.25, -0.2) is 5.01 Å². The van der Waals surface area contributed by atoms with Gasteiger partial charge in [0.25, 0.3) is 23.4 Å². The lowest BCUT2D eigenvalue weighted by atomic mass is 9.76. The Balaban J connectivity index is 1.74. The van der Waals surface area contributed by atoms with E-state index in [1.807, 2.05) is 13.8 Å². The zero-order valence-electron chi connectivity index (χ0n) is 19.8. The average Bonchev–Trinajstić information content (AvgIpc) is 3.08. The maximum absolute atomic E-state index is 13.7. The first-order chi connectivity index (χ1) is 16.6. The number of nitro benzene ring substituents is 1. The van der Waals surface area contributed by atoms with E-state index in [-0.39, 0.29) is 17.2 Å². The van der Waals surface area contributed by atoms with Gasteiger partial charge in [-0.05, 0) is 51.2 Å². The minimum Gasteiger partial charge on any atom is -0.292 e. The molecule has 2 aromatic rings. The van der Waals surface area contributed by atoms with Crippen molar-refractivity contribution in [3.8, 4) is 0 Å². The van der Waals surface area contributed by atoms with Crippen molar-refractivity contribution >= 4 is 29.2 Å². The number of rotatable bonds is 6. The Bertz CT molecular complexity index is 1190. The number of hydrogen-bond donors (Lipinski definition) is 0. The lowest BCUT2D eigenvalue weighted by Crippen LogP contribution is -2.56. The smallest absolute Gasteiger partial charge is 0.273 e. The highest BCUT2D eigenvalue weighted by molar-refractivity contribution is 6.10. The first kappa shape index (κ1) is 24.3. The molecule has 1 heterocycles. The number of hydrazine groups is 1. The number of fused-ring (bicyclic) bond motifs is 1. The fourth-order valence-corrected chi connectivity index (χ4v) is 4.95. The van der Waals surface area contributed by atoms with Gasteiger partial charge in [-0.3, -0.25) is 29.3 Å². The molecule has 9 nitrogen and oxygen atoms in total. The van der Waals surface area contributed by atoms with Crippen molar-refractivity contribution in [2.24, 2.45) is 17.8 Å². The molecule has 9 heteroatoms. The second-order valence-corrected chi connectivity index (χ2v) is 9.48. The highest BCUT2D eigenvalue weighted by atomic mass is 16.6. The van der Waals surface area contributed by atoms with E-state index in [0.29, 0.717) is 18.4 Å². The van der Waals surface area contributed by atoms with Crippen LogP contribution in [0.2, 0.25) is 0 Å². The van der Waals surface area contributed by atoms with Crippen molar-refractivity contribution in [1.29, 1.82) is 0 Å². The largest absolute Gasteiger partial charge is 0.292 e. The Morgan fingerprint density at radius 2 is 1.54 bits per heavy atom. The number of amides is 3. The molecule has 2 aromatic carbocycles. The molecule has 1 aliphatic carbocycles. The van der Waals surface area contributed by atoms with Gasteiger partial charge in [0.1, 0.15) is 6.04 Å². The van der Waals surface area contributed by atoms with Gasteiger partial charge >= 0.3 is 0 Å². The monoisotopic (exact) mass is 477 g/mol. The van der Waals surface area contributed by atoms with Crippen LogP contribution >= 0.6 is 0 Å². The van der Waals surface area contributed by atoms with Crippen molar-refractivity contribution in [3.63, 3.8) is 0 Å². The Morgan fingerprint density at radius 3 is 2.14 bits per heavy atom. The van der Waals surface area contributed by atoms with Crippen LogP contribution in [0, 0.1) is 34.8 Å². The lowest BCUT2D eigenvalue weighted by Gasteiger charge is -2.34. The van der Waals surface area contributed by atoms with E-state index in [0.717, 1.165) is 22.0 Å². The first-order valence-electron chi connectivity index (χ1n) is 11.7. The molecule has 1 saturated carbocycles. The second kappa shape index (κ2) is 9.40. The molecule has 0 radical (unpaired) electrons. The van der Waals surface area contributed by atoms with E-state index in [2.05, 4.69) is 0 Å². The average molecular weight is 478 g/mol. The van der Waals surface area contributed by atoms with Crippen LogP contribution in [0.1, 0.15) is 59.4 Å². The molecule has 4 rings (SSSR count). The quantitative estimate of drug-likeness (QED) is 0.269. The van der Waals surface area contributed by atoms with Crippen LogP contribution in [-0.4, -0.2) is 44.5 Å². The molecule has 0 unspecified atom stereocenters. The fraction of sp³-hybridized carbons (Fsp3) is 0.385. The molecule has 0 spiro atoms. The Morgan fingerprint density at radius 1 is 0.971 bits per heavy atom. The van der Waals surface area contributed by atoms with Gasteiger partial charge in [0.2, 0.25) is 0 Å². The summed E-state index contributed by atoms with van der Waals surface area (Å²) in [4.78, 5) is 64.3. The van der Waals surface area contributed by atoms with Crippen LogP contribution in [-0.2, 0) is 9.59 Å². The van der Waals surface area contributed by atoms with E-state index in [4.69, 9.17) is 0 Å². The molecule has 2 fully saturated rings. The maximum Gasteiger partial charge on any atom is 0.273 e. The molecule has 182 valence electrons. The van der Waals surface area contributed by atoms with E-state index in [1.165, 1.54) is 31.2 Å². The summed E-state index contributed by atoms with van der Waals surface area (Å²) in [5, 5.41) is 12.8. The standard InChI is InChI=1S/C26H27N3O6/c1-15-4-7-18(8-5-15)23(30)17(3)27(24(31)19-9-11-20(12-10-19)29(34)35)28-25(32)21-13-6-16(2)14-22(21)26(28)33/h4-5,7-12,16-17,21-22H,6,13-14H2,1-3H3/t16-,17+,21-,22-/m1/s1. The van der Waals surface area contributed by atoms with E-state index < -0.39 is 46.3 Å². The van der Waals surface area contributed by atoms with E-state index in [1.54, 1.807) is 24.3 Å². The lowest BCUT2D eigenvalue weighted by molar-refractivity contribution is -0.384. The Kier molecular flexibility index (Phi) is 6.51. The first-order valence-corrected chi connectivity index (χ1v) is 11.7. The number of imide groups is 1. The van der Waals surface area contributed by atoms with Crippen LogP contribution in [0.3, 0.4) is 0 Å². The minimum atomic E-state index is -1.16. The predicted octanol–water partition coefficient (Wildman–Crippen LogP) is 3.95. The van der Waals surface area contributed by atoms with Gasteiger partial charge in [0.05, 0.1) is 16.8 Å². The number of nitro groups is 1. The van der Waals surface area contributed by atoms with Gasteiger partial charge in [-0.1, -0.05) is 36.8 Å². The summed E-state index contributed by atoms with van der Waals surface area (Å²) in [5.74, 6) is -2.91. The Labute approximate surface area is 202 Å². The molecule has 0 aromatic heterocycles. The number of carbonyl (C=O) groups excluding carboxylic acids is 4. The molecular weight excluding hydrogens is 450 g/mol. The van der Waals surface area contributed by atoms with E-state index in [9.17, 15) is 29.3 Å². The van der Waals surface area contributed by atoms with Gasteiger partial charge < -0.3 is 0 Å². The van der Waals surface area contributed by atoms with Crippen LogP contribution < -0.4 is 0 Å². The van der Waals surface area contributed by atoms with Crippen molar-refractivity contribution in [1.82, 2.24) is 10.0 Å². The number of benzene rings is 2.